The predicted molar refractivity (Wildman–Crippen MR) is 88.9 cm³/mol. The van der Waals surface area contributed by atoms with E-state index in [0.717, 1.165) is 21.5 Å². The third-order valence-electron chi connectivity index (χ3n) is 3.08. The molecule has 2 aromatic rings. The Bertz CT molecular complexity index is 602. The number of para-hydroxylation sites is 1. The van der Waals surface area contributed by atoms with Gasteiger partial charge in [-0.3, -0.25) is 0 Å². The fourth-order valence-electron chi connectivity index (χ4n) is 2.05. The molecule has 1 nitrogen and oxygen atoms in total. The Kier molecular flexibility index (Phi) is 4.77. The van der Waals surface area contributed by atoms with Crippen molar-refractivity contribution in [2.75, 3.05) is 0 Å². The second-order valence-corrected chi connectivity index (χ2v) is 6.92. The SMILES string of the molecule is CC(C)(C)c1ccccc1Oc1ccc(Br)cc1CCl. The topological polar surface area (TPSA) is 9.23 Å². The molecule has 2 rings (SSSR count). The van der Waals surface area contributed by atoms with Crippen LogP contribution in [0.3, 0.4) is 0 Å². The van der Waals surface area contributed by atoms with Gasteiger partial charge in [-0.25, -0.2) is 0 Å². The normalized spacial score (nSPS) is 11.4. The van der Waals surface area contributed by atoms with Gasteiger partial charge in [0.1, 0.15) is 11.5 Å². The summed E-state index contributed by atoms with van der Waals surface area (Å²) in [6.07, 6.45) is 0. The van der Waals surface area contributed by atoms with Crippen LogP contribution in [0.2, 0.25) is 0 Å². The first-order valence-electron chi connectivity index (χ1n) is 6.53. The molecule has 0 saturated heterocycles. The van der Waals surface area contributed by atoms with Crippen LogP contribution in [0.4, 0.5) is 0 Å². The smallest absolute Gasteiger partial charge is 0.131 e. The Morgan fingerprint density at radius 1 is 1.05 bits per heavy atom. The van der Waals surface area contributed by atoms with Gasteiger partial charge in [0.15, 0.2) is 0 Å². The van der Waals surface area contributed by atoms with Crippen LogP contribution in [-0.4, -0.2) is 0 Å². The van der Waals surface area contributed by atoms with Crippen LogP contribution >= 0.6 is 27.5 Å². The van der Waals surface area contributed by atoms with Crippen molar-refractivity contribution in [3.63, 3.8) is 0 Å². The molecule has 0 radical (unpaired) electrons. The minimum atomic E-state index is 0.0348. The molecule has 0 aliphatic rings. The van der Waals surface area contributed by atoms with Crippen molar-refractivity contribution >= 4 is 27.5 Å². The average molecular weight is 354 g/mol. The van der Waals surface area contributed by atoms with Crippen LogP contribution in [-0.2, 0) is 11.3 Å². The highest BCUT2D eigenvalue weighted by molar-refractivity contribution is 9.10. The van der Waals surface area contributed by atoms with Crippen molar-refractivity contribution in [2.24, 2.45) is 0 Å². The Morgan fingerprint density at radius 3 is 2.40 bits per heavy atom. The van der Waals surface area contributed by atoms with Gasteiger partial charge >= 0.3 is 0 Å². The van der Waals surface area contributed by atoms with Crippen molar-refractivity contribution in [3.05, 3.63) is 58.1 Å². The fraction of sp³-hybridized carbons (Fsp3) is 0.294. The quantitative estimate of drug-likeness (QED) is 0.590. The van der Waals surface area contributed by atoms with Gasteiger partial charge in [0, 0.05) is 15.6 Å². The lowest BCUT2D eigenvalue weighted by Gasteiger charge is -2.23. The van der Waals surface area contributed by atoms with Crippen molar-refractivity contribution in [1.82, 2.24) is 0 Å². The maximum atomic E-state index is 6.11. The third-order valence-corrected chi connectivity index (χ3v) is 3.86. The molecule has 2 aromatic carbocycles. The first-order valence-corrected chi connectivity index (χ1v) is 7.86. The van der Waals surface area contributed by atoms with Crippen molar-refractivity contribution < 1.29 is 4.74 Å². The molecule has 0 atom stereocenters. The van der Waals surface area contributed by atoms with Gasteiger partial charge in [-0.05, 0) is 29.7 Å². The number of alkyl halides is 1. The molecule has 0 aliphatic heterocycles. The van der Waals surface area contributed by atoms with Gasteiger partial charge < -0.3 is 4.74 Å². The van der Waals surface area contributed by atoms with Crippen molar-refractivity contribution in [3.8, 4) is 11.5 Å². The molecule has 106 valence electrons. The lowest BCUT2D eigenvalue weighted by atomic mass is 9.86. The van der Waals surface area contributed by atoms with E-state index in [1.165, 1.54) is 5.56 Å². The number of hydrogen-bond acceptors (Lipinski definition) is 1. The van der Waals surface area contributed by atoms with Gasteiger partial charge in [0.25, 0.3) is 0 Å². The standard InChI is InChI=1S/C17H18BrClO/c1-17(2,3)14-6-4-5-7-16(14)20-15-9-8-13(18)10-12(15)11-19/h4-10H,11H2,1-3H3. The van der Waals surface area contributed by atoms with Crippen molar-refractivity contribution in [1.29, 1.82) is 0 Å². The zero-order valence-electron chi connectivity index (χ0n) is 11.9. The molecule has 0 unspecified atom stereocenters. The lowest BCUT2D eigenvalue weighted by Crippen LogP contribution is -2.12. The minimum Gasteiger partial charge on any atom is -0.457 e. The summed E-state index contributed by atoms with van der Waals surface area (Å²) in [5.41, 5.74) is 2.20. The summed E-state index contributed by atoms with van der Waals surface area (Å²) in [6.45, 7) is 6.54. The summed E-state index contributed by atoms with van der Waals surface area (Å²) >= 11 is 9.45. The first-order chi connectivity index (χ1) is 9.41. The van der Waals surface area contributed by atoms with E-state index in [4.69, 9.17) is 16.3 Å². The molecule has 0 saturated carbocycles. The highest BCUT2D eigenvalue weighted by Gasteiger charge is 2.19. The predicted octanol–water partition coefficient (Wildman–Crippen LogP) is 6.28. The van der Waals surface area contributed by atoms with E-state index < -0.39 is 0 Å². The van der Waals surface area contributed by atoms with E-state index in [0.29, 0.717) is 5.88 Å². The second-order valence-electron chi connectivity index (χ2n) is 5.73. The summed E-state index contributed by atoms with van der Waals surface area (Å²) in [5, 5.41) is 0. The van der Waals surface area contributed by atoms with E-state index >= 15 is 0 Å². The van der Waals surface area contributed by atoms with Gasteiger partial charge in [-0.2, -0.15) is 0 Å². The summed E-state index contributed by atoms with van der Waals surface area (Å²) < 4.78 is 7.11. The van der Waals surface area contributed by atoms with Gasteiger partial charge in [0.05, 0.1) is 5.88 Å². The maximum absolute atomic E-state index is 6.11. The van der Waals surface area contributed by atoms with Crippen LogP contribution in [0.1, 0.15) is 31.9 Å². The molecule has 0 amide bonds. The molecule has 0 heterocycles. The largest absolute Gasteiger partial charge is 0.457 e. The lowest BCUT2D eigenvalue weighted by molar-refractivity contribution is 0.452. The Balaban J connectivity index is 2.41. The zero-order chi connectivity index (χ0) is 14.8. The zero-order valence-corrected chi connectivity index (χ0v) is 14.3. The molecular formula is C17H18BrClO. The molecule has 0 bridgehead atoms. The Hall–Kier alpha value is -0.990. The van der Waals surface area contributed by atoms with Gasteiger partial charge in [0.2, 0.25) is 0 Å². The number of benzene rings is 2. The maximum Gasteiger partial charge on any atom is 0.131 e. The first kappa shape index (κ1) is 15.4. The molecule has 0 fully saturated rings. The summed E-state index contributed by atoms with van der Waals surface area (Å²) in [5.74, 6) is 2.11. The molecule has 0 N–H and O–H groups in total. The van der Waals surface area contributed by atoms with E-state index in [-0.39, 0.29) is 5.41 Å². The molecule has 3 heteroatoms. The highest BCUT2D eigenvalue weighted by atomic mass is 79.9. The number of halogens is 2. The fourth-order valence-corrected chi connectivity index (χ4v) is 2.66. The molecule has 20 heavy (non-hydrogen) atoms. The number of rotatable bonds is 3. The van der Waals surface area contributed by atoms with E-state index in [2.05, 4.69) is 42.8 Å². The summed E-state index contributed by atoms with van der Waals surface area (Å²) in [6, 6.07) is 14.0. The number of ether oxygens (including phenoxy) is 1. The van der Waals surface area contributed by atoms with Crippen molar-refractivity contribution in [2.45, 2.75) is 32.1 Å². The monoisotopic (exact) mass is 352 g/mol. The van der Waals surface area contributed by atoms with Crippen LogP contribution in [0.15, 0.2) is 46.9 Å². The summed E-state index contributed by atoms with van der Waals surface area (Å²) in [7, 11) is 0. The van der Waals surface area contributed by atoms with Crippen LogP contribution < -0.4 is 4.74 Å². The minimum absolute atomic E-state index is 0.0348. The highest BCUT2D eigenvalue weighted by Crippen LogP contribution is 2.36. The molecule has 0 aliphatic carbocycles. The molecule has 0 spiro atoms. The summed E-state index contributed by atoms with van der Waals surface area (Å²) in [4.78, 5) is 0. The van der Waals surface area contributed by atoms with E-state index in [1.807, 2.05) is 36.4 Å². The second kappa shape index (κ2) is 6.19. The molecular weight excluding hydrogens is 336 g/mol. The molecule has 0 aromatic heterocycles. The van der Waals surface area contributed by atoms with E-state index in [9.17, 15) is 0 Å². The Labute approximate surface area is 134 Å². The van der Waals surface area contributed by atoms with Gasteiger partial charge in [-0.15, -0.1) is 11.6 Å². The van der Waals surface area contributed by atoms with E-state index in [1.54, 1.807) is 0 Å². The third kappa shape index (κ3) is 3.56. The van der Waals surface area contributed by atoms with Crippen LogP contribution in [0.25, 0.3) is 0 Å². The number of hydrogen-bond donors (Lipinski definition) is 0. The Morgan fingerprint density at radius 2 is 1.75 bits per heavy atom. The van der Waals surface area contributed by atoms with Crippen LogP contribution in [0, 0.1) is 0 Å². The van der Waals surface area contributed by atoms with Gasteiger partial charge in [-0.1, -0.05) is 54.9 Å². The van der Waals surface area contributed by atoms with Crippen LogP contribution in [0.5, 0.6) is 11.5 Å². The average Bonchev–Trinajstić information content (AvgIpc) is 2.40.